The molecule has 1 aromatic rings. The largest absolute Gasteiger partial charge is 0.327 e. The number of fused-ring (bicyclic) bond motifs is 1. The van der Waals surface area contributed by atoms with Crippen LogP contribution in [-0.4, -0.2) is 6.04 Å². The molecule has 2 unspecified atom stereocenters. The highest BCUT2D eigenvalue weighted by atomic mass is 14.7. The van der Waals surface area contributed by atoms with Crippen molar-refractivity contribution in [3.63, 3.8) is 0 Å². The number of nitrogens with two attached hydrogens (primary N) is 1. The van der Waals surface area contributed by atoms with Crippen LogP contribution in [0.3, 0.4) is 0 Å². The van der Waals surface area contributed by atoms with Crippen molar-refractivity contribution in [2.75, 3.05) is 0 Å². The zero-order valence-corrected chi connectivity index (χ0v) is 9.86. The molecule has 0 spiro atoms. The van der Waals surface area contributed by atoms with Crippen molar-refractivity contribution in [2.24, 2.45) is 11.7 Å². The summed E-state index contributed by atoms with van der Waals surface area (Å²) in [6.45, 7) is 0. The Balaban J connectivity index is 1.63. The predicted octanol–water partition coefficient (Wildman–Crippen LogP) is 3.23. The van der Waals surface area contributed by atoms with Crippen LogP contribution in [0.5, 0.6) is 0 Å². The highest BCUT2D eigenvalue weighted by molar-refractivity contribution is 5.41. The first kappa shape index (κ1) is 10.3. The fourth-order valence-electron chi connectivity index (χ4n) is 3.47. The average molecular weight is 215 g/mol. The molecule has 0 saturated heterocycles. The summed E-state index contributed by atoms with van der Waals surface area (Å²) in [4.78, 5) is 0. The van der Waals surface area contributed by atoms with Crippen LogP contribution >= 0.6 is 0 Å². The summed E-state index contributed by atoms with van der Waals surface area (Å²) in [5, 5.41) is 0. The van der Waals surface area contributed by atoms with Gasteiger partial charge in [0.15, 0.2) is 0 Å². The van der Waals surface area contributed by atoms with Gasteiger partial charge in [0.05, 0.1) is 0 Å². The van der Waals surface area contributed by atoms with Crippen molar-refractivity contribution in [3.8, 4) is 0 Å². The smallest absolute Gasteiger partial charge is 0.0114 e. The minimum atomic E-state index is 0.401. The van der Waals surface area contributed by atoms with Crippen molar-refractivity contribution in [2.45, 2.75) is 50.5 Å². The molecule has 1 saturated carbocycles. The molecule has 1 aromatic carbocycles. The molecular weight excluding hydrogens is 194 g/mol. The van der Waals surface area contributed by atoms with E-state index in [-0.39, 0.29) is 0 Å². The van der Waals surface area contributed by atoms with Crippen LogP contribution in [0, 0.1) is 5.92 Å². The second-order valence-corrected chi connectivity index (χ2v) is 5.56. The van der Waals surface area contributed by atoms with E-state index in [0.29, 0.717) is 12.0 Å². The zero-order chi connectivity index (χ0) is 11.0. The summed E-state index contributed by atoms with van der Waals surface area (Å²) in [7, 11) is 0. The van der Waals surface area contributed by atoms with Crippen LogP contribution in [0.2, 0.25) is 0 Å². The number of rotatable bonds is 3. The Hall–Kier alpha value is -0.820. The molecule has 0 radical (unpaired) electrons. The molecule has 1 fully saturated rings. The lowest BCUT2D eigenvalue weighted by Crippen LogP contribution is -2.36. The van der Waals surface area contributed by atoms with E-state index in [0.717, 1.165) is 5.92 Å². The zero-order valence-electron chi connectivity index (χ0n) is 9.86. The molecule has 2 aliphatic carbocycles. The fourth-order valence-corrected chi connectivity index (χ4v) is 3.47. The third-order valence-corrected chi connectivity index (χ3v) is 4.49. The van der Waals surface area contributed by atoms with Crippen molar-refractivity contribution >= 4 is 0 Å². The molecule has 1 nitrogen and oxygen atoms in total. The van der Waals surface area contributed by atoms with Gasteiger partial charge in [-0.1, -0.05) is 49.9 Å². The Morgan fingerprint density at radius 1 is 1.19 bits per heavy atom. The van der Waals surface area contributed by atoms with Crippen LogP contribution in [0.4, 0.5) is 0 Å². The second-order valence-electron chi connectivity index (χ2n) is 5.56. The summed E-state index contributed by atoms with van der Waals surface area (Å²) in [6.07, 6.45) is 8.16. The summed E-state index contributed by atoms with van der Waals surface area (Å²) in [5.74, 6) is 1.57. The minimum absolute atomic E-state index is 0.401. The van der Waals surface area contributed by atoms with Gasteiger partial charge < -0.3 is 5.73 Å². The van der Waals surface area contributed by atoms with Gasteiger partial charge in [0.25, 0.3) is 0 Å². The quantitative estimate of drug-likeness (QED) is 0.823. The Kier molecular flexibility index (Phi) is 2.72. The average Bonchev–Trinajstić information content (AvgIpc) is 2.72. The number of hydrogen-bond acceptors (Lipinski definition) is 1. The summed E-state index contributed by atoms with van der Waals surface area (Å²) >= 11 is 0. The van der Waals surface area contributed by atoms with Gasteiger partial charge in [-0.25, -0.2) is 0 Å². The van der Waals surface area contributed by atoms with E-state index in [1.807, 2.05) is 0 Å². The monoisotopic (exact) mass is 215 g/mol. The molecule has 3 rings (SSSR count). The maximum atomic E-state index is 6.37. The fraction of sp³-hybridized carbons (Fsp3) is 0.600. The van der Waals surface area contributed by atoms with Gasteiger partial charge in [0.1, 0.15) is 0 Å². The Bertz CT molecular complexity index is 365. The molecule has 0 aliphatic heterocycles. The lowest BCUT2D eigenvalue weighted by Gasteiger charge is -2.35. The molecular formula is C15H21N. The summed E-state index contributed by atoms with van der Waals surface area (Å²) in [6, 6.07) is 9.19. The number of benzene rings is 1. The van der Waals surface area contributed by atoms with E-state index in [9.17, 15) is 0 Å². The predicted molar refractivity (Wildman–Crippen MR) is 67.4 cm³/mol. The van der Waals surface area contributed by atoms with E-state index in [1.54, 1.807) is 0 Å². The van der Waals surface area contributed by atoms with Gasteiger partial charge in [-0.05, 0) is 29.9 Å². The highest BCUT2D eigenvalue weighted by Gasteiger charge is 2.32. The van der Waals surface area contributed by atoms with Gasteiger partial charge in [-0.15, -0.1) is 0 Å². The molecule has 0 amide bonds. The van der Waals surface area contributed by atoms with Gasteiger partial charge >= 0.3 is 0 Å². The van der Waals surface area contributed by atoms with Crippen molar-refractivity contribution < 1.29 is 0 Å². The molecule has 86 valence electrons. The Morgan fingerprint density at radius 2 is 1.94 bits per heavy atom. The van der Waals surface area contributed by atoms with Crippen LogP contribution in [-0.2, 0) is 6.42 Å². The minimum Gasteiger partial charge on any atom is -0.327 e. The van der Waals surface area contributed by atoms with Crippen LogP contribution < -0.4 is 5.73 Å². The van der Waals surface area contributed by atoms with Gasteiger partial charge in [-0.2, -0.15) is 0 Å². The number of hydrogen-bond donors (Lipinski definition) is 1. The van der Waals surface area contributed by atoms with Crippen molar-refractivity contribution in [1.29, 1.82) is 0 Å². The van der Waals surface area contributed by atoms with E-state index >= 15 is 0 Å². The highest BCUT2D eigenvalue weighted by Crippen LogP contribution is 2.40. The van der Waals surface area contributed by atoms with Crippen LogP contribution in [0.1, 0.15) is 49.1 Å². The van der Waals surface area contributed by atoms with E-state index in [1.165, 1.54) is 49.7 Å². The molecule has 0 heterocycles. The first-order chi connectivity index (χ1) is 7.84. The van der Waals surface area contributed by atoms with Crippen LogP contribution in [0.25, 0.3) is 0 Å². The topological polar surface area (TPSA) is 26.0 Å². The maximum Gasteiger partial charge on any atom is 0.0114 e. The summed E-state index contributed by atoms with van der Waals surface area (Å²) < 4.78 is 0. The lowest BCUT2D eigenvalue weighted by atomic mass is 9.72. The van der Waals surface area contributed by atoms with Gasteiger partial charge in [0.2, 0.25) is 0 Å². The first-order valence-corrected chi connectivity index (χ1v) is 6.68. The third-order valence-electron chi connectivity index (χ3n) is 4.49. The Morgan fingerprint density at radius 3 is 2.69 bits per heavy atom. The van der Waals surface area contributed by atoms with Crippen molar-refractivity contribution in [1.82, 2.24) is 0 Å². The molecule has 2 aliphatic rings. The Labute approximate surface area is 98.0 Å². The van der Waals surface area contributed by atoms with E-state index in [4.69, 9.17) is 5.73 Å². The maximum absolute atomic E-state index is 6.37. The van der Waals surface area contributed by atoms with Gasteiger partial charge in [-0.3, -0.25) is 0 Å². The van der Waals surface area contributed by atoms with E-state index in [2.05, 4.69) is 24.3 Å². The van der Waals surface area contributed by atoms with Crippen molar-refractivity contribution in [3.05, 3.63) is 35.4 Å². The molecule has 2 N–H and O–H groups in total. The lowest BCUT2D eigenvalue weighted by molar-refractivity contribution is 0.378. The first-order valence-electron chi connectivity index (χ1n) is 6.68. The molecule has 16 heavy (non-hydrogen) atoms. The molecule has 0 aromatic heterocycles. The third kappa shape index (κ3) is 1.78. The van der Waals surface area contributed by atoms with E-state index < -0.39 is 0 Å². The standard InChI is InChI=1S/C15H21N/c16-15(9-11-5-1-2-6-11)14-10-12-7-3-4-8-13(12)14/h3-4,7-8,11,14-15H,1-2,5-6,9-10,16H2. The normalized spacial score (nSPS) is 26.2. The second kappa shape index (κ2) is 4.21. The SMILES string of the molecule is NC(CC1CCCC1)C1Cc2ccccc21. The van der Waals surface area contributed by atoms with Gasteiger partial charge in [0, 0.05) is 12.0 Å². The molecule has 2 atom stereocenters. The summed E-state index contributed by atoms with van der Waals surface area (Å²) in [5.41, 5.74) is 9.42. The van der Waals surface area contributed by atoms with Crippen LogP contribution in [0.15, 0.2) is 24.3 Å². The molecule has 0 bridgehead atoms. The molecule has 1 heteroatoms.